The lowest BCUT2D eigenvalue weighted by Gasteiger charge is -2.13. The molecule has 2 rings (SSSR count). The van der Waals surface area contributed by atoms with Gasteiger partial charge in [-0.25, -0.2) is 4.39 Å². The van der Waals surface area contributed by atoms with E-state index in [1.54, 1.807) is 12.1 Å². The molecule has 0 spiro atoms. The van der Waals surface area contributed by atoms with Gasteiger partial charge in [0.25, 0.3) is 0 Å². The summed E-state index contributed by atoms with van der Waals surface area (Å²) in [6, 6.07) is 14.3. The monoisotopic (exact) mass is 234 g/mol. The molecule has 0 N–H and O–H groups in total. The van der Waals surface area contributed by atoms with Crippen molar-refractivity contribution in [1.29, 1.82) is 0 Å². The fourth-order valence-corrected chi connectivity index (χ4v) is 2.06. The Kier molecular flexibility index (Phi) is 3.25. The second-order valence-electron chi connectivity index (χ2n) is 3.79. The molecule has 0 aliphatic carbocycles. The van der Waals surface area contributed by atoms with Crippen LogP contribution in [0.2, 0.25) is 5.02 Å². The third kappa shape index (κ3) is 2.25. The van der Waals surface area contributed by atoms with E-state index in [0.717, 1.165) is 16.1 Å². The number of benzene rings is 2. The SMILES string of the molecule is CC(c1ccc(F)cc1)c1ccccc1Cl. The molecule has 1 unspecified atom stereocenters. The molecule has 16 heavy (non-hydrogen) atoms. The zero-order valence-corrected chi connectivity index (χ0v) is 9.71. The van der Waals surface area contributed by atoms with Crippen molar-refractivity contribution in [3.05, 3.63) is 70.5 Å². The van der Waals surface area contributed by atoms with Crippen LogP contribution in [0.5, 0.6) is 0 Å². The van der Waals surface area contributed by atoms with Gasteiger partial charge in [-0.1, -0.05) is 48.9 Å². The van der Waals surface area contributed by atoms with Crippen LogP contribution in [0.25, 0.3) is 0 Å². The first-order valence-electron chi connectivity index (χ1n) is 5.18. The molecule has 0 aliphatic heterocycles. The molecule has 0 heterocycles. The second-order valence-corrected chi connectivity index (χ2v) is 4.20. The Hall–Kier alpha value is -1.34. The van der Waals surface area contributed by atoms with Gasteiger partial charge in [0.1, 0.15) is 5.82 Å². The Bertz CT molecular complexity index is 476. The van der Waals surface area contributed by atoms with E-state index in [4.69, 9.17) is 11.6 Å². The van der Waals surface area contributed by atoms with Gasteiger partial charge >= 0.3 is 0 Å². The largest absolute Gasteiger partial charge is 0.207 e. The van der Waals surface area contributed by atoms with E-state index in [1.807, 2.05) is 24.3 Å². The van der Waals surface area contributed by atoms with Gasteiger partial charge in [-0.05, 0) is 29.3 Å². The molecular formula is C14H12ClF. The summed E-state index contributed by atoms with van der Waals surface area (Å²) >= 11 is 6.13. The van der Waals surface area contributed by atoms with Crippen molar-refractivity contribution in [2.24, 2.45) is 0 Å². The first-order chi connectivity index (χ1) is 7.68. The lowest BCUT2D eigenvalue weighted by molar-refractivity contribution is 0.626. The van der Waals surface area contributed by atoms with Gasteiger partial charge in [-0.3, -0.25) is 0 Å². The molecule has 0 aromatic heterocycles. The molecule has 0 radical (unpaired) electrons. The van der Waals surface area contributed by atoms with E-state index in [1.165, 1.54) is 12.1 Å². The summed E-state index contributed by atoms with van der Waals surface area (Å²) in [5.74, 6) is -0.0376. The predicted octanol–water partition coefficient (Wildman–Crippen LogP) is 4.63. The van der Waals surface area contributed by atoms with E-state index < -0.39 is 0 Å². The summed E-state index contributed by atoms with van der Waals surface area (Å²) < 4.78 is 12.8. The van der Waals surface area contributed by atoms with Crippen LogP contribution in [0.3, 0.4) is 0 Å². The van der Waals surface area contributed by atoms with Crippen LogP contribution in [0, 0.1) is 5.82 Å². The smallest absolute Gasteiger partial charge is 0.123 e. The minimum absolute atomic E-state index is 0.175. The molecule has 0 nitrogen and oxygen atoms in total. The van der Waals surface area contributed by atoms with Crippen LogP contribution < -0.4 is 0 Å². The highest BCUT2D eigenvalue weighted by Crippen LogP contribution is 2.29. The van der Waals surface area contributed by atoms with E-state index in [-0.39, 0.29) is 11.7 Å². The van der Waals surface area contributed by atoms with Gasteiger partial charge in [0.2, 0.25) is 0 Å². The van der Waals surface area contributed by atoms with Crippen molar-refractivity contribution in [3.63, 3.8) is 0 Å². The molecule has 0 amide bonds. The molecule has 0 saturated heterocycles. The van der Waals surface area contributed by atoms with Crippen LogP contribution >= 0.6 is 11.6 Å². The molecule has 0 aliphatic rings. The maximum atomic E-state index is 12.8. The maximum absolute atomic E-state index is 12.8. The van der Waals surface area contributed by atoms with E-state index >= 15 is 0 Å². The predicted molar refractivity (Wildman–Crippen MR) is 65.4 cm³/mol. The molecule has 2 aromatic carbocycles. The molecule has 0 saturated carbocycles. The van der Waals surface area contributed by atoms with Crippen molar-refractivity contribution < 1.29 is 4.39 Å². The van der Waals surface area contributed by atoms with E-state index in [0.29, 0.717) is 0 Å². The Labute approximate surface area is 99.7 Å². The highest BCUT2D eigenvalue weighted by Gasteiger charge is 2.11. The fourth-order valence-electron chi connectivity index (χ4n) is 1.76. The number of halogens is 2. The molecule has 0 fully saturated rings. The van der Waals surface area contributed by atoms with Crippen LogP contribution in [0.1, 0.15) is 24.0 Å². The van der Waals surface area contributed by atoms with Gasteiger partial charge in [-0.2, -0.15) is 0 Å². The molecule has 82 valence electrons. The quantitative estimate of drug-likeness (QED) is 0.711. The lowest BCUT2D eigenvalue weighted by atomic mass is 9.93. The standard InChI is InChI=1S/C14H12ClF/c1-10(11-6-8-12(16)9-7-11)13-4-2-3-5-14(13)15/h2-10H,1H3. The Balaban J connectivity index is 2.35. The van der Waals surface area contributed by atoms with Crippen LogP contribution in [0.4, 0.5) is 4.39 Å². The Morgan fingerprint density at radius 3 is 2.25 bits per heavy atom. The number of rotatable bonds is 2. The minimum atomic E-state index is -0.213. The number of hydrogen-bond donors (Lipinski definition) is 0. The van der Waals surface area contributed by atoms with Gasteiger partial charge < -0.3 is 0 Å². The molecule has 2 heteroatoms. The summed E-state index contributed by atoms with van der Waals surface area (Å²) in [5, 5.41) is 0.749. The van der Waals surface area contributed by atoms with Crippen molar-refractivity contribution in [2.75, 3.05) is 0 Å². The molecular weight excluding hydrogens is 223 g/mol. The minimum Gasteiger partial charge on any atom is -0.207 e. The average molecular weight is 235 g/mol. The highest BCUT2D eigenvalue weighted by molar-refractivity contribution is 6.31. The van der Waals surface area contributed by atoms with Crippen molar-refractivity contribution in [2.45, 2.75) is 12.8 Å². The van der Waals surface area contributed by atoms with Crippen LogP contribution in [-0.4, -0.2) is 0 Å². The molecule has 0 bridgehead atoms. The zero-order chi connectivity index (χ0) is 11.5. The van der Waals surface area contributed by atoms with Gasteiger partial charge in [0, 0.05) is 10.9 Å². The topological polar surface area (TPSA) is 0 Å². The summed E-state index contributed by atoms with van der Waals surface area (Å²) in [6.07, 6.45) is 0. The summed E-state index contributed by atoms with van der Waals surface area (Å²) in [6.45, 7) is 2.06. The van der Waals surface area contributed by atoms with Crippen LogP contribution in [-0.2, 0) is 0 Å². The second kappa shape index (κ2) is 4.67. The van der Waals surface area contributed by atoms with E-state index in [9.17, 15) is 4.39 Å². The van der Waals surface area contributed by atoms with Gasteiger partial charge in [0.15, 0.2) is 0 Å². The maximum Gasteiger partial charge on any atom is 0.123 e. The molecule has 2 aromatic rings. The van der Waals surface area contributed by atoms with Crippen LogP contribution in [0.15, 0.2) is 48.5 Å². The Morgan fingerprint density at radius 1 is 1.00 bits per heavy atom. The van der Waals surface area contributed by atoms with Crippen molar-refractivity contribution in [3.8, 4) is 0 Å². The lowest BCUT2D eigenvalue weighted by Crippen LogP contribution is -1.96. The zero-order valence-electron chi connectivity index (χ0n) is 8.95. The first kappa shape index (κ1) is 11.2. The fraction of sp³-hybridized carbons (Fsp3) is 0.143. The van der Waals surface area contributed by atoms with Gasteiger partial charge in [-0.15, -0.1) is 0 Å². The molecule has 1 atom stereocenters. The third-order valence-corrected chi connectivity index (χ3v) is 3.09. The highest BCUT2D eigenvalue weighted by atomic mass is 35.5. The Morgan fingerprint density at radius 2 is 1.62 bits per heavy atom. The van der Waals surface area contributed by atoms with Crippen molar-refractivity contribution in [1.82, 2.24) is 0 Å². The summed E-state index contributed by atoms with van der Waals surface area (Å²) in [5.41, 5.74) is 2.13. The first-order valence-corrected chi connectivity index (χ1v) is 5.56. The third-order valence-electron chi connectivity index (χ3n) is 2.74. The van der Waals surface area contributed by atoms with Gasteiger partial charge in [0.05, 0.1) is 0 Å². The summed E-state index contributed by atoms with van der Waals surface area (Å²) in [4.78, 5) is 0. The number of hydrogen-bond acceptors (Lipinski definition) is 0. The summed E-state index contributed by atoms with van der Waals surface area (Å²) in [7, 11) is 0. The average Bonchev–Trinajstić information content (AvgIpc) is 2.30. The van der Waals surface area contributed by atoms with E-state index in [2.05, 4.69) is 6.92 Å². The normalized spacial score (nSPS) is 12.4. The van der Waals surface area contributed by atoms with Crippen molar-refractivity contribution >= 4 is 11.6 Å².